The Hall–Kier alpha value is -1.42. The van der Waals surface area contributed by atoms with Crippen LogP contribution in [0.15, 0.2) is 18.3 Å². The van der Waals surface area contributed by atoms with Crippen molar-refractivity contribution in [2.24, 2.45) is 0 Å². The zero-order valence-corrected chi connectivity index (χ0v) is 12.4. The molecule has 1 aliphatic carbocycles. The van der Waals surface area contributed by atoms with Gasteiger partial charge in [0.2, 0.25) is 5.91 Å². The molecule has 1 fully saturated rings. The van der Waals surface area contributed by atoms with Gasteiger partial charge in [0.1, 0.15) is 0 Å². The molecular weight excluding hydrogens is 252 g/mol. The first-order valence-corrected chi connectivity index (χ1v) is 7.37. The molecule has 1 amide bonds. The Morgan fingerprint density at radius 1 is 1.45 bits per heavy atom. The summed E-state index contributed by atoms with van der Waals surface area (Å²) in [6.07, 6.45) is 6.67. The van der Waals surface area contributed by atoms with E-state index >= 15 is 0 Å². The van der Waals surface area contributed by atoms with Crippen molar-refractivity contribution in [1.29, 1.82) is 0 Å². The number of hydrogen-bond donors (Lipinski definition) is 1. The molecule has 1 heterocycles. The zero-order chi connectivity index (χ0) is 14.6. The Labute approximate surface area is 120 Å². The van der Waals surface area contributed by atoms with Gasteiger partial charge in [0.15, 0.2) is 0 Å². The number of carbonyl (C=O) groups is 1. The second-order valence-electron chi connectivity index (χ2n) is 5.94. The number of aromatic nitrogens is 1. The fraction of sp³-hybridized carbons (Fsp3) is 0.625. The van der Waals surface area contributed by atoms with E-state index < -0.39 is 5.60 Å². The molecule has 1 aliphatic rings. The van der Waals surface area contributed by atoms with E-state index in [1.54, 1.807) is 18.1 Å². The monoisotopic (exact) mass is 276 g/mol. The lowest BCUT2D eigenvalue weighted by Gasteiger charge is -2.25. The summed E-state index contributed by atoms with van der Waals surface area (Å²) in [5.41, 5.74) is 1.34. The van der Waals surface area contributed by atoms with E-state index in [9.17, 15) is 9.90 Å². The number of likely N-dealkylation sites (N-methyl/N-ethyl adjacent to an activating group) is 1. The van der Waals surface area contributed by atoms with Crippen LogP contribution in [0, 0.1) is 6.92 Å². The summed E-state index contributed by atoms with van der Waals surface area (Å²) < 4.78 is 0. The van der Waals surface area contributed by atoms with Crippen LogP contribution in [-0.4, -0.2) is 40.1 Å². The van der Waals surface area contributed by atoms with Crippen LogP contribution in [0.2, 0.25) is 0 Å². The number of hydrogen-bond acceptors (Lipinski definition) is 3. The molecule has 1 N–H and O–H groups in total. The zero-order valence-electron chi connectivity index (χ0n) is 12.4. The third-order valence-electron chi connectivity index (χ3n) is 4.31. The molecule has 1 aromatic rings. The van der Waals surface area contributed by atoms with Crippen molar-refractivity contribution >= 4 is 5.91 Å². The molecule has 0 saturated heterocycles. The minimum atomic E-state index is -0.546. The van der Waals surface area contributed by atoms with Gasteiger partial charge in [0, 0.05) is 19.8 Å². The van der Waals surface area contributed by atoms with E-state index in [0.29, 0.717) is 19.4 Å². The number of aryl methyl sites for hydroxylation is 1. The van der Waals surface area contributed by atoms with E-state index in [4.69, 9.17) is 0 Å². The van der Waals surface area contributed by atoms with Crippen LogP contribution in [0.1, 0.15) is 43.4 Å². The number of aliphatic hydroxyl groups is 1. The molecule has 1 aromatic heterocycles. The lowest BCUT2D eigenvalue weighted by molar-refractivity contribution is -0.129. The molecule has 2 rings (SSSR count). The highest BCUT2D eigenvalue weighted by atomic mass is 16.3. The Kier molecular flexibility index (Phi) is 4.76. The van der Waals surface area contributed by atoms with E-state index in [2.05, 4.69) is 4.98 Å². The highest BCUT2D eigenvalue weighted by Crippen LogP contribution is 2.32. The average molecular weight is 276 g/mol. The summed E-state index contributed by atoms with van der Waals surface area (Å²) in [5.74, 6) is 0.0633. The number of nitrogens with zero attached hydrogens (tertiary/aromatic N) is 2. The molecule has 4 heteroatoms. The molecule has 0 aromatic carbocycles. The molecule has 0 radical (unpaired) electrons. The minimum absolute atomic E-state index is 0.0633. The SMILES string of the molecule is Cc1cccnc1CC(=O)N(C)CCC1(O)CCCC1. The molecule has 4 nitrogen and oxygen atoms in total. The van der Waals surface area contributed by atoms with Crippen LogP contribution in [0.4, 0.5) is 0 Å². The van der Waals surface area contributed by atoms with Crippen molar-refractivity contribution in [2.45, 2.75) is 51.0 Å². The largest absolute Gasteiger partial charge is 0.390 e. The van der Waals surface area contributed by atoms with Crippen molar-refractivity contribution in [3.05, 3.63) is 29.6 Å². The van der Waals surface area contributed by atoms with Gasteiger partial charge in [-0.25, -0.2) is 0 Å². The predicted octanol–water partition coefficient (Wildman–Crippen LogP) is 2.09. The Bertz CT molecular complexity index is 467. The summed E-state index contributed by atoms with van der Waals surface area (Å²) in [4.78, 5) is 18.1. The van der Waals surface area contributed by atoms with Gasteiger partial charge >= 0.3 is 0 Å². The van der Waals surface area contributed by atoms with Gasteiger partial charge in [-0.05, 0) is 37.8 Å². The van der Waals surface area contributed by atoms with Gasteiger partial charge in [-0.1, -0.05) is 18.9 Å². The molecule has 0 spiro atoms. The molecule has 1 saturated carbocycles. The first-order chi connectivity index (χ1) is 9.50. The number of pyridine rings is 1. The van der Waals surface area contributed by atoms with Gasteiger partial charge in [0.25, 0.3) is 0 Å². The lowest BCUT2D eigenvalue weighted by Crippen LogP contribution is -2.35. The summed E-state index contributed by atoms with van der Waals surface area (Å²) >= 11 is 0. The van der Waals surface area contributed by atoms with Crippen molar-refractivity contribution in [1.82, 2.24) is 9.88 Å². The lowest BCUT2D eigenvalue weighted by atomic mass is 9.98. The normalized spacial score (nSPS) is 17.1. The van der Waals surface area contributed by atoms with Gasteiger partial charge in [0.05, 0.1) is 17.7 Å². The number of amides is 1. The molecular formula is C16H24N2O2. The maximum absolute atomic E-state index is 12.2. The quantitative estimate of drug-likeness (QED) is 0.896. The smallest absolute Gasteiger partial charge is 0.228 e. The van der Waals surface area contributed by atoms with Gasteiger partial charge in [-0.15, -0.1) is 0 Å². The summed E-state index contributed by atoms with van der Waals surface area (Å²) in [6, 6.07) is 3.85. The maximum Gasteiger partial charge on any atom is 0.228 e. The van der Waals surface area contributed by atoms with Crippen molar-refractivity contribution in [3.63, 3.8) is 0 Å². The molecule has 20 heavy (non-hydrogen) atoms. The first kappa shape index (κ1) is 15.0. The fourth-order valence-corrected chi connectivity index (χ4v) is 2.77. The second kappa shape index (κ2) is 6.35. The van der Waals surface area contributed by atoms with E-state index in [1.807, 2.05) is 19.1 Å². The molecule has 0 atom stereocenters. The highest BCUT2D eigenvalue weighted by Gasteiger charge is 2.31. The van der Waals surface area contributed by atoms with Gasteiger partial charge in [-0.3, -0.25) is 9.78 Å². The van der Waals surface area contributed by atoms with E-state index in [1.165, 1.54) is 0 Å². The van der Waals surface area contributed by atoms with Crippen LogP contribution in [0.3, 0.4) is 0 Å². The van der Waals surface area contributed by atoms with E-state index in [0.717, 1.165) is 36.9 Å². The standard InChI is InChI=1S/C16H24N2O2/c1-13-6-5-10-17-14(13)12-15(19)18(2)11-9-16(20)7-3-4-8-16/h5-6,10,20H,3-4,7-9,11-12H2,1-2H3. The minimum Gasteiger partial charge on any atom is -0.390 e. The topological polar surface area (TPSA) is 53.4 Å². The van der Waals surface area contributed by atoms with E-state index in [-0.39, 0.29) is 5.91 Å². The molecule has 0 aliphatic heterocycles. The van der Waals surface area contributed by atoms with Crippen LogP contribution < -0.4 is 0 Å². The third kappa shape index (κ3) is 3.79. The highest BCUT2D eigenvalue weighted by molar-refractivity contribution is 5.78. The number of rotatable bonds is 5. The molecule has 110 valence electrons. The third-order valence-corrected chi connectivity index (χ3v) is 4.31. The predicted molar refractivity (Wildman–Crippen MR) is 78.3 cm³/mol. The van der Waals surface area contributed by atoms with Crippen LogP contribution in [0.5, 0.6) is 0 Å². The van der Waals surface area contributed by atoms with Crippen molar-refractivity contribution in [3.8, 4) is 0 Å². The Balaban J connectivity index is 1.84. The second-order valence-corrected chi connectivity index (χ2v) is 5.94. The van der Waals surface area contributed by atoms with Gasteiger partial charge < -0.3 is 10.0 Å². The fourth-order valence-electron chi connectivity index (χ4n) is 2.77. The van der Waals surface area contributed by atoms with Crippen LogP contribution in [0.25, 0.3) is 0 Å². The summed E-state index contributed by atoms with van der Waals surface area (Å²) in [5, 5.41) is 10.3. The molecule has 0 unspecified atom stereocenters. The summed E-state index contributed by atoms with van der Waals surface area (Å²) in [7, 11) is 1.80. The maximum atomic E-state index is 12.2. The van der Waals surface area contributed by atoms with Crippen LogP contribution in [-0.2, 0) is 11.2 Å². The Morgan fingerprint density at radius 2 is 2.15 bits per heavy atom. The summed E-state index contributed by atoms with van der Waals surface area (Å²) in [6.45, 7) is 2.58. The van der Waals surface area contributed by atoms with Crippen molar-refractivity contribution < 1.29 is 9.90 Å². The average Bonchev–Trinajstić information content (AvgIpc) is 2.86. The van der Waals surface area contributed by atoms with Crippen molar-refractivity contribution in [2.75, 3.05) is 13.6 Å². The number of carbonyl (C=O) groups excluding carboxylic acids is 1. The van der Waals surface area contributed by atoms with Gasteiger partial charge in [-0.2, -0.15) is 0 Å². The molecule has 0 bridgehead atoms. The Morgan fingerprint density at radius 3 is 2.80 bits per heavy atom. The first-order valence-electron chi connectivity index (χ1n) is 7.37. The van der Waals surface area contributed by atoms with Crippen LogP contribution >= 0.6 is 0 Å².